The van der Waals surface area contributed by atoms with Crippen molar-refractivity contribution < 1.29 is 4.79 Å². The lowest BCUT2D eigenvalue weighted by Gasteiger charge is -2.10. The van der Waals surface area contributed by atoms with Gasteiger partial charge >= 0.3 is 0 Å². The van der Waals surface area contributed by atoms with Gasteiger partial charge in [0.2, 0.25) is 6.41 Å². The molecule has 1 amide bonds. The summed E-state index contributed by atoms with van der Waals surface area (Å²) in [5, 5.41) is 12.8. The summed E-state index contributed by atoms with van der Waals surface area (Å²) in [6.45, 7) is 0. The van der Waals surface area contributed by atoms with E-state index >= 15 is 0 Å². The smallest absolute Gasteiger partial charge is 0.208 e. The van der Waals surface area contributed by atoms with Gasteiger partial charge in [-0.25, -0.2) is 0 Å². The van der Waals surface area contributed by atoms with E-state index in [9.17, 15) is 10.1 Å². The highest BCUT2D eigenvalue weighted by Gasteiger charge is 2.29. The highest BCUT2D eigenvalue weighted by Crippen LogP contribution is 2.45. The van der Waals surface area contributed by atoms with Gasteiger partial charge in [-0.3, -0.25) is 9.78 Å². The molecule has 1 aliphatic carbocycles. The van der Waals surface area contributed by atoms with Crippen molar-refractivity contribution in [3.63, 3.8) is 0 Å². The molecule has 96 valence electrons. The summed E-state index contributed by atoms with van der Waals surface area (Å²) in [7, 11) is 1.98. The first kappa shape index (κ1) is 11.7. The fraction of sp³-hybridized carbons (Fsp3) is 0.357. The second-order valence-corrected chi connectivity index (χ2v) is 4.94. The van der Waals surface area contributed by atoms with Crippen molar-refractivity contribution in [1.29, 1.82) is 5.26 Å². The zero-order valence-electron chi connectivity index (χ0n) is 10.6. The van der Waals surface area contributed by atoms with Gasteiger partial charge in [0.1, 0.15) is 6.04 Å². The van der Waals surface area contributed by atoms with Crippen LogP contribution >= 0.6 is 0 Å². The van der Waals surface area contributed by atoms with Crippen LogP contribution in [0.4, 0.5) is 0 Å². The maximum Gasteiger partial charge on any atom is 0.208 e. The number of aromatic nitrogens is 2. The molecule has 0 aromatic carbocycles. The van der Waals surface area contributed by atoms with Gasteiger partial charge < -0.3 is 9.88 Å². The van der Waals surface area contributed by atoms with Crippen LogP contribution < -0.4 is 5.32 Å². The Morgan fingerprint density at radius 1 is 1.58 bits per heavy atom. The van der Waals surface area contributed by atoms with E-state index in [1.165, 1.54) is 18.4 Å². The Morgan fingerprint density at radius 3 is 3.00 bits per heavy atom. The van der Waals surface area contributed by atoms with Gasteiger partial charge in [-0.1, -0.05) is 0 Å². The van der Waals surface area contributed by atoms with Crippen LogP contribution in [0.1, 0.15) is 35.9 Å². The second-order valence-electron chi connectivity index (χ2n) is 4.94. The van der Waals surface area contributed by atoms with E-state index in [-0.39, 0.29) is 0 Å². The topological polar surface area (TPSA) is 70.7 Å². The largest absolute Gasteiger partial charge is 0.349 e. The Hall–Kier alpha value is -2.35. The van der Waals surface area contributed by atoms with Crippen LogP contribution in [-0.2, 0) is 11.8 Å². The van der Waals surface area contributed by atoms with Crippen molar-refractivity contribution in [2.75, 3.05) is 0 Å². The lowest BCUT2D eigenvalue weighted by molar-refractivity contribution is -0.109. The average Bonchev–Trinajstić information content (AvgIpc) is 3.21. The van der Waals surface area contributed by atoms with E-state index in [1.807, 2.05) is 11.6 Å². The highest BCUT2D eigenvalue weighted by atomic mass is 16.1. The summed E-state index contributed by atoms with van der Waals surface area (Å²) in [5.74, 6) is 0.584. The van der Waals surface area contributed by atoms with E-state index < -0.39 is 6.04 Å². The zero-order chi connectivity index (χ0) is 13.4. The average molecular weight is 254 g/mol. The number of hydrogen-bond donors (Lipinski definition) is 1. The van der Waals surface area contributed by atoms with E-state index in [0.717, 1.165) is 16.5 Å². The first-order valence-corrected chi connectivity index (χ1v) is 6.28. The summed E-state index contributed by atoms with van der Waals surface area (Å²) < 4.78 is 2.04. The maximum absolute atomic E-state index is 10.6. The van der Waals surface area contributed by atoms with Crippen molar-refractivity contribution in [1.82, 2.24) is 14.9 Å². The number of nitrogens with one attached hydrogen (secondary N) is 1. The number of hydrogen-bond acceptors (Lipinski definition) is 3. The molecule has 19 heavy (non-hydrogen) atoms. The minimum atomic E-state index is -0.645. The van der Waals surface area contributed by atoms with Crippen LogP contribution in [0.5, 0.6) is 0 Å². The van der Waals surface area contributed by atoms with Crippen LogP contribution in [-0.4, -0.2) is 16.0 Å². The van der Waals surface area contributed by atoms with Crippen LogP contribution in [0, 0.1) is 11.3 Å². The van der Waals surface area contributed by atoms with Crippen LogP contribution in [0.25, 0.3) is 10.9 Å². The third-order valence-electron chi connectivity index (χ3n) is 3.65. The molecule has 2 aromatic rings. The molecule has 5 nitrogen and oxygen atoms in total. The van der Waals surface area contributed by atoms with Crippen molar-refractivity contribution in [3.05, 3.63) is 29.7 Å². The standard InChI is InChI=1S/C14H14N4O/c1-18-7-11(9-2-3-9)14-10(5-16-6-13(14)18)12(4-15)17-8-19/h5-9,12H,2-3H2,1H3,(H,17,19). The molecule has 0 aliphatic heterocycles. The van der Waals surface area contributed by atoms with Gasteiger partial charge in [-0.05, 0) is 24.3 Å². The fourth-order valence-corrected chi connectivity index (χ4v) is 2.58. The summed E-state index contributed by atoms with van der Waals surface area (Å²) >= 11 is 0. The third kappa shape index (κ3) is 1.85. The molecule has 1 atom stereocenters. The van der Waals surface area contributed by atoms with Gasteiger partial charge in [-0.15, -0.1) is 0 Å². The lowest BCUT2D eigenvalue weighted by Crippen LogP contribution is -2.18. The van der Waals surface area contributed by atoms with E-state index in [0.29, 0.717) is 12.3 Å². The van der Waals surface area contributed by atoms with Gasteiger partial charge in [0.05, 0.1) is 17.8 Å². The SMILES string of the molecule is Cn1cc(C2CC2)c2c(C(C#N)NC=O)cncc21. The minimum absolute atomic E-state index is 0.562. The number of nitrogens with zero attached hydrogens (tertiary/aromatic N) is 3. The molecule has 2 heterocycles. The summed E-state index contributed by atoms with van der Waals surface area (Å²) in [6, 6.07) is 1.47. The molecule has 0 saturated heterocycles. The monoisotopic (exact) mass is 254 g/mol. The summed E-state index contributed by atoms with van der Waals surface area (Å²) in [5.41, 5.74) is 3.06. The summed E-state index contributed by atoms with van der Waals surface area (Å²) in [4.78, 5) is 14.8. The molecular formula is C14H14N4O. The van der Waals surface area contributed by atoms with Crippen LogP contribution in [0.15, 0.2) is 18.6 Å². The van der Waals surface area contributed by atoms with Crippen molar-refractivity contribution >= 4 is 17.3 Å². The van der Waals surface area contributed by atoms with E-state index in [4.69, 9.17) is 0 Å². The Balaban J connectivity index is 2.23. The van der Waals surface area contributed by atoms with Crippen LogP contribution in [0.2, 0.25) is 0 Å². The van der Waals surface area contributed by atoms with Crippen LogP contribution in [0.3, 0.4) is 0 Å². The Labute approximate surface area is 110 Å². The summed E-state index contributed by atoms with van der Waals surface area (Å²) in [6.07, 6.45) is 8.55. The fourth-order valence-electron chi connectivity index (χ4n) is 2.58. The first-order chi connectivity index (χ1) is 9.26. The maximum atomic E-state index is 10.6. The number of carbonyl (C=O) groups excluding carboxylic acids is 1. The zero-order valence-corrected chi connectivity index (χ0v) is 10.6. The number of nitriles is 1. The number of pyridine rings is 1. The quantitative estimate of drug-likeness (QED) is 0.845. The molecule has 1 N–H and O–H groups in total. The van der Waals surface area contributed by atoms with Gasteiger partial charge in [-0.2, -0.15) is 5.26 Å². The molecule has 5 heteroatoms. The normalized spacial score (nSPS) is 16.0. The molecule has 0 spiro atoms. The second kappa shape index (κ2) is 4.39. The number of rotatable bonds is 4. The van der Waals surface area contributed by atoms with E-state index in [1.54, 1.807) is 12.4 Å². The molecule has 3 rings (SSSR count). The lowest BCUT2D eigenvalue weighted by atomic mass is 10.0. The van der Waals surface area contributed by atoms with Gasteiger partial charge in [0.15, 0.2) is 0 Å². The predicted octanol–water partition coefficient (Wildman–Crippen LogP) is 1.76. The van der Waals surface area contributed by atoms with Crippen molar-refractivity contribution in [2.45, 2.75) is 24.8 Å². The number of carbonyl (C=O) groups is 1. The molecule has 1 unspecified atom stereocenters. The predicted molar refractivity (Wildman–Crippen MR) is 70.2 cm³/mol. The number of aryl methyl sites for hydroxylation is 1. The molecule has 0 bridgehead atoms. The molecule has 0 radical (unpaired) electrons. The van der Waals surface area contributed by atoms with Crippen molar-refractivity contribution in [3.8, 4) is 6.07 Å². The molecule has 2 aromatic heterocycles. The van der Waals surface area contributed by atoms with E-state index in [2.05, 4.69) is 22.6 Å². The first-order valence-electron chi connectivity index (χ1n) is 6.28. The number of amides is 1. The third-order valence-corrected chi connectivity index (χ3v) is 3.65. The van der Waals surface area contributed by atoms with Gasteiger partial charge in [0.25, 0.3) is 0 Å². The Bertz CT molecular complexity index is 679. The molecule has 1 fully saturated rings. The molecule has 1 saturated carbocycles. The number of fused-ring (bicyclic) bond motifs is 1. The Morgan fingerprint density at radius 2 is 2.37 bits per heavy atom. The molecule has 1 aliphatic rings. The minimum Gasteiger partial charge on any atom is -0.349 e. The molecular weight excluding hydrogens is 240 g/mol. The van der Waals surface area contributed by atoms with Gasteiger partial charge in [0, 0.05) is 30.4 Å². The van der Waals surface area contributed by atoms with Crippen molar-refractivity contribution in [2.24, 2.45) is 7.05 Å². The highest BCUT2D eigenvalue weighted by molar-refractivity contribution is 5.88. The Kier molecular flexibility index (Phi) is 2.71.